The van der Waals surface area contributed by atoms with E-state index >= 15 is 0 Å². The lowest BCUT2D eigenvalue weighted by atomic mass is 9.97. The third kappa shape index (κ3) is 1.33. The highest BCUT2D eigenvalue weighted by Gasteiger charge is 2.08. The molecule has 1 heterocycles. The smallest absolute Gasteiger partial charge is 0.0984 e. The monoisotopic (exact) mass is 175 g/mol. The van der Waals surface area contributed by atoms with Gasteiger partial charge in [-0.25, -0.2) is 0 Å². The lowest BCUT2D eigenvalue weighted by molar-refractivity contribution is 0.572. The van der Waals surface area contributed by atoms with Crippen molar-refractivity contribution < 1.29 is 4.42 Å². The van der Waals surface area contributed by atoms with Gasteiger partial charge in [0, 0.05) is 10.8 Å². The summed E-state index contributed by atoms with van der Waals surface area (Å²) in [6.07, 6.45) is 3.55. The van der Waals surface area contributed by atoms with Crippen LogP contribution in [0, 0.1) is 0 Å². The Morgan fingerprint density at radius 1 is 1.38 bits per heavy atom. The van der Waals surface area contributed by atoms with Crippen LogP contribution in [0.1, 0.15) is 18.4 Å². The zero-order valence-corrected chi connectivity index (χ0v) is 7.66. The van der Waals surface area contributed by atoms with E-state index in [9.17, 15) is 0 Å². The Morgan fingerprint density at radius 2 is 2.23 bits per heavy atom. The van der Waals surface area contributed by atoms with Gasteiger partial charge in [0.05, 0.1) is 12.5 Å². The second-order valence-corrected chi connectivity index (χ2v) is 3.36. The number of benzene rings is 1. The quantitative estimate of drug-likeness (QED) is 0.761. The van der Waals surface area contributed by atoms with Crippen LogP contribution < -0.4 is 5.73 Å². The summed E-state index contributed by atoms with van der Waals surface area (Å²) in [7, 11) is 0. The first kappa shape index (κ1) is 8.32. The summed E-state index contributed by atoms with van der Waals surface area (Å²) in [6, 6.07) is 6.19. The second kappa shape index (κ2) is 3.23. The Hall–Kier alpha value is -1.28. The SMILES string of the molecule is CC(CN)c1cccc2cocc12. The van der Waals surface area contributed by atoms with E-state index < -0.39 is 0 Å². The molecule has 0 aliphatic carbocycles. The maximum Gasteiger partial charge on any atom is 0.0984 e. The van der Waals surface area contributed by atoms with Crippen LogP contribution in [0.2, 0.25) is 0 Å². The molecule has 2 N–H and O–H groups in total. The minimum absolute atomic E-state index is 0.390. The lowest BCUT2D eigenvalue weighted by Gasteiger charge is -2.09. The molecule has 0 radical (unpaired) electrons. The molecule has 0 aliphatic heterocycles. The highest BCUT2D eigenvalue weighted by molar-refractivity contribution is 5.84. The van der Waals surface area contributed by atoms with Crippen LogP contribution in [-0.2, 0) is 0 Å². The van der Waals surface area contributed by atoms with Crippen molar-refractivity contribution in [3.05, 3.63) is 36.3 Å². The van der Waals surface area contributed by atoms with E-state index in [4.69, 9.17) is 10.2 Å². The number of hydrogen-bond acceptors (Lipinski definition) is 2. The minimum Gasteiger partial charge on any atom is -0.471 e. The summed E-state index contributed by atoms with van der Waals surface area (Å²) in [6.45, 7) is 2.80. The van der Waals surface area contributed by atoms with E-state index in [-0.39, 0.29) is 0 Å². The van der Waals surface area contributed by atoms with Crippen molar-refractivity contribution in [2.75, 3.05) is 6.54 Å². The fourth-order valence-electron chi connectivity index (χ4n) is 1.57. The van der Waals surface area contributed by atoms with Crippen LogP contribution in [0.15, 0.2) is 35.1 Å². The van der Waals surface area contributed by atoms with Crippen molar-refractivity contribution in [3.8, 4) is 0 Å². The molecule has 0 saturated heterocycles. The molecule has 68 valence electrons. The summed E-state index contributed by atoms with van der Waals surface area (Å²) in [5.74, 6) is 0.390. The van der Waals surface area contributed by atoms with Crippen LogP contribution in [0.25, 0.3) is 10.8 Å². The number of rotatable bonds is 2. The third-order valence-electron chi connectivity index (χ3n) is 2.44. The molecular weight excluding hydrogens is 162 g/mol. The number of hydrogen-bond donors (Lipinski definition) is 1. The molecular formula is C11H13NO. The topological polar surface area (TPSA) is 39.2 Å². The Bertz CT molecular complexity index is 405. The van der Waals surface area contributed by atoms with E-state index in [1.54, 1.807) is 12.5 Å². The van der Waals surface area contributed by atoms with Gasteiger partial charge < -0.3 is 10.2 Å². The molecule has 0 saturated carbocycles. The lowest BCUT2D eigenvalue weighted by Crippen LogP contribution is -2.08. The number of fused-ring (bicyclic) bond motifs is 1. The van der Waals surface area contributed by atoms with Gasteiger partial charge in [0.25, 0.3) is 0 Å². The average Bonchev–Trinajstić information content (AvgIpc) is 2.63. The van der Waals surface area contributed by atoms with Gasteiger partial charge >= 0.3 is 0 Å². The standard InChI is InChI=1S/C11H13NO/c1-8(5-12)10-4-2-3-9-6-13-7-11(9)10/h2-4,6-8H,5,12H2,1H3. The van der Waals surface area contributed by atoms with Gasteiger partial charge in [-0.05, 0) is 18.0 Å². The van der Waals surface area contributed by atoms with Gasteiger partial charge in [-0.1, -0.05) is 25.1 Å². The first-order valence-electron chi connectivity index (χ1n) is 4.48. The van der Waals surface area contributed by atoms with Gasteiger partial charge in [-0.15, -0.1) is 0 Å². The fourth-order valence-corrected chi connectivity index (χ4v) is 1.57. The van der Waals surface area contributed by atoms with Gasteiger partial charge in [0.15, 0.2) is 0 Å². The largest absolute Gasteiger partial charge is 0.471 e. The summed E-state index contributed by atoms with van der Waals surface area (Å²) < 4.78 is 5.16. The zero-order chi connectivity index (χ0) is 9.26. The first-order valence-corrected chi connectivity index (χ1v) is 4.48. The van der Waals surface area contributed by atoms with E-state index in [0.717, 1.165) is 5.39 Å². The maximum atomic E-state index is 5.63. The molecule has 1 aromatic carbocycles. The van der Waals surface area contributed by atoms with Crippen molar-refractivity contribution >= 4 is 10.8 Å². The predicted molar refractivity (Wildman–Crippen MR) is 53.7 cm³/mol. The highest BCUT2D eigenvalue weighted by atomic mass is 16.3. The summed E-state index contributed by atoms with van der Waals surface area (Å²) in [5.41, 5.74) is 6.91. The van der Waals surface area contributed by atoms with Crippen LogP contribution in [0.4, 0.5) is 0 Å². The van der Waals surface area contributed by atoms with E-state index in [2.05, 4.69) is 13.0 Å². The number of furan rings is 1. The van der Waals surface area contributed by atoms with E-state index in [1.807, 2.05) is 12.1 Å². The Morgan fingerprint density at radius 3 is 3.00 bits per heavy atom. The second-order valence-electron chi connectivity index (χ2n) is 3.36. The van der Waals surface area contributed by atoms with Crippen molar-refractivity contribution in [1.29, 1.82) is 0 Å². The van der Waals surface area contributed by atoms with E-state index in [0.29, 0.717) is 12.5 Å². The van der Waals surface area contributed by atoms with Crippen LogP contribution in [0.5, 0.6) is 0 Å². The Balaban J connectivity index is 2.60. The van der Waals surface area contributed by atoms with Crippen molar-refractivity contribution in [3.63, 3.8) is 0 Å². The molecule has 2 aromatic rings. The van der Waals surface area contributed by atoms with Crippen LogP contribution >= 0.6 is 0 Å². The Kier molecular flexibility index (Phi) is 2.07. The molecule has 1 atom stereocenters. The summed E-state index contributed by atoms with van der Waals surface area (Å²) in [4.78, 5) is 0. The van der Waals surface area contributed by atoms with Crippen molar-refractivity contribution in [1.82, 2.24) is 0 Å². The van der Waals surface area contributed by atoms with Gasteiger partial charge in [-0.3, -0.25) is 0 Å². The first-order chi connectivity index (χ1) is 6.33. The maximum absolute atomic E-state index is 5.63. The van der Waals surface area contributed by atoms with Crippen LogP contribution in [0.3, 0.4) is 0 Å². The van der Waals surface area contributed by atoms with Gasteiger partial charge in [-0.2, -0.15) is 0 Å². The zero-order valence-electron chi connectivity index (χ0n) is 7.66. The van der Waals surface area contributed by atoms with Gasteiger partial charge in [0.2, 0.25) is 0 Å². The van der Waals surface area contributed by atoms with E-state index in [1.165, 1.54) is 10.9 Å². The molecule has 0 spiro atoms. The molecule has 2 heteroatoms. The molecule has 0 amide bonds. The van der Waals surface area contributed by atoms with Crippen molar-refractivity contribution in [2.45, 2.75) is 12.8 Å². The summed E-state index contributed by atoms with van der Waals surface area (Å²) in [5, 5.41) is 2.33. The third-order valence-corrected chi connectivity index (χ3v) is 2.44. The normalized spacial score (nSPS) is 13.4. The van der Waals surface area contributed by atoms with Crippen LogP contribution in [-0.4, -0.2) is 6.54 Å². The molecule has 2 rings (SSSR count). The molecule has 1 unspecified atom stereocenters. The fraction of sp³-hybridized carbons (Fsp3) is 0.273. The molecule has 0 fully saturated rings. The minimum atomic E-state index is 0.390. The molecule has 13 heavy (non-hydrogen) atoms. The van der Waals surface area contributed by atoms with Crippen molar-refractivity contribution in [2.24, 2.45) is 5.73 Å². The average molecular weight is 175 g/mol. The Labute approximate surface area is 77.3 Å². The molecule has 2 nitrogen and oxygen atoms in total. The molecule has 0 bridgehead atoms. The molecule has 0 aliphatic rings. The molecule has 1 aromatic heterocycles. The number of nitrogens with two attached hydrogens (primary N) is 1. The summed E-state index contributed by atoms with van der Waals surface area (Å²) >= 11 is 0. The highest BCUT2D eigenvalue weighted by Crippen LogP contribution is 2.25. The predicted octanol–water partition coefficient (Wildman–Crippen LogP) is 2.50. The van der Waals surface area contributed by atoms with Gasteiger partial charge in [0.1, 0.15) is 0 Å².